The number of carbonyl (C=O) groups is 1. The first-order valence-electron chi connectivity index (χ1n) is 6.98. The molecule has 1 aliphatic rings. The lowest BCUT2D eigenvalue weighted by atomic mass is 10.0. The van der Waals surface area contributed by atoms with Gasteiger partial charge in [0, 0.05) is 0 Å². The van der Waals surface area contributed by atoms with Gasteiger partial charge in [0.05, 0.1) is 12.2 Å². The summed E-state index contributed by atoms with van der Waals surface area (Å²) in [4.78, 5) is 11.6. The molecule has 1 aromatic rings. The van der Waals surface area contributed by atoms with E-state index in [0.717, 1.165) is 34.9 Å². The van der Waals surface area contributed by atoms with E-state index in [0.29, 0.717) is 0 Å². The highest BCUT2D eigenvalue weighted by molar-refractivity contribution is 9.11. The summed E-state index contributed by atoms with van der Waals surface area (Å²) >= 11 is 3.52. The number of allylic oxidation sites excluding steroid dienone is 2. The van der Waals surface area contributed by atoms with Crippen LogP contribution in [0.5, 0.6) is 0 Å². The van der Waals surface area contributed by atoms with E-state index in [-0.39, 0.29) is 12.2 Å². The highest BCUT2D eigenvalue weighted by atomic mass is 79.9. The summed E-state index contributed by atoms with van der Waals surface area (Å²) in [5, 5.41) is 0. The van der Waals surface area contributed by atoms with Gasteiger partial charge in [-0.15, -0.1) is 0 Å². The Morgan fingerprint density at radius 1 is 1.35 bits per heavy atom. The summed E-state index contributed by atoms with van der Waals surface area (Å²) in [6.07, 6.45) is 3.04. The maximum Gasteiger partial charge on any atom is 0.341 e. The van der Waals surface area contributed by atoms with E-state index in [1.807, 2.05) is 13.8 Å². The monoisotopic (exact) mass is 342 g/mol. The SMILES string of the molecule is CC.CCOC(=O)c1cc(C2=C(Br)CCC2)ccc1F. The summed E-state index contributed by atoms with van der Waals surface area (Å²) < 4.78 is 19.6. The summed E-state index contributed by atoms with van der Waals surface area (Å²) in [5.74, 6) is -1.14. The molecule has 0 heterocycles. The Morgan fingerprint density at radius 3 is 2.60 bits per heavy atom. The minimum atomic E-state index is -0.605. The van der Waals surface area contributed by atoms with Crippen LogP contribution in [-0.4, -0.2) is 12.6 Å². The number of esters is 1. The Balaban J connectivity index is 0.000000956. The molecule has 0 saturated carbocycles. The first-order valence-corrected chi connectivity index (χ1v) is 7.77. The van der Waals surface area contributed by atoms with Crippen LogP contribution in [0.25, 0.3) is 5.57 Å². The Kier molecular flexibility index (Phi) is 6.93. The van der Waals surface area contributed by atoms with Crippen LogP contribution in [0.15, 0.2) is 22.7 Å². The normalized spacial score (nSPS) is 13.8. The smallest absolute Gasteiger partial charge is 0.341 e. The van der Waals surface area contributed by atoms with Crippen LogP contribution < -0.4 is 0 Å². The average molecular weight is 343 g/mol. The van der Waals surface area contributed by atoms with Crippen molar-refractivity contribution < 1.29 is 13.9 Å². The maximum absolute atomic E-state index is 13.6. The number of carbonyl (C=O) groups excluding carboxylic acids is 1. The van der Waals surface area contributed by atoms with Crippen LogP contribution >= 0.6 is 15.9 Å². The molecule has 0 amide bonds. The number of rotatable bonds is 3. The number of hydrogen-bond acceptors (Lipinski definition) is 2. The fourth-order valence-corrected chi connectivity index (χ4v) is 2.79. The van der Waals surface area contributed by atoms with Crippen molar-refractivity contribution in [1.82, 2.24) is 0 Å². The molecule has 0 aromatic heterocycles. The molecule has 1 aromatic carbocycles. The van der Waals surface area contributed by atoms with Gasteiger partial charge in [-0.3, -0.25) is 0 Å². The van der Waals surface area contributed by atoms with Gasteiger partial charge >= 0.3 is 5.97 Å². The molecule has 0 radical (unpaired) electrons. The van der Waals surface area contributed by atoms with Crippen LogP contribution in [0.3, 0.4) is 0 Å². The van der Waals surface area contributed by atoms with Gasteiger partial charge in [0.25, 0.3) is 0 Å². The molecule has 20 heavy (non-hydrogen) atoms. The topological polar surface area (TPSA) is 26.3 Å². The molecule has 0 atom stereocenters. The van der Waals surface area contributed by atoms with E-state index >= 15 is 0 Å². The van der Waals surface area contributed by atoms with Crippen LogP contribution in [0, 0.1) is 5.82 Å². The minimum absolute atomic E-state index is 0.00838. The standard InChI is InChI=1S/C14H14BrFO2.C2H6/c1-2-18-14(17)11-8-9(6-7-13(11)16)10-4-3-5-12(10)15;1-2/h6-8H,2-5H2,1H3;1-2H3. The fraction of sp³-hybridized carbons (Fsp3) is 0.438. The molecule has 2 rings (SSSR count). The van der Waals surface area contributed by atoms with Crippen LogP contribution in [-0.2, 0) is 4.74 Å². The van der Waals surface area contributed by atoms with Crippen LogP contribution in [0.1, 0.15) is 56.0 Å². The average Bonchev–Trinajstić information content (AvgIpc) is 2.88. The number of halogens is 2. The lowest BCUT2D eigenvalue weighted by molar-refractivity contribution is 0.0521. The zero-order valence-corrected chi connectivity index (χ0v) is 13.7. The summed E-state index contributed by atoms with van der Waals surface area (Å²) in [5.41, 5.74) is 2.05. The minimum Gasteiger partial charge on any atom is -0.462 e. The van der Waals surface area contributed by atoms with Gasteiger partial charge in [-0.1, -0.05) is 35.8 Å². The largest absolute Gasteiger partial charge is 0.462 e. The maximum atomic E-state index is 13.6. The highest BCUT2D eigenvalue weighted by Crippen LogP contribution is 2.37. The van der Waals surface area contributed by atoms with Crippen molar-refractivity contribution in [2.75, 3.05) is 6.61 Å². The first kappa shape index (κ1) is 16.9. The lowest BCUT2D eigenvalue weighted by Crippen LogP contribution is -2.07. The Hall–Kier alpha value is -1.16. The molecular weight excluding hydrogens is 323 g/mol. The number of benzene rings is 1. The Labute approximate surface area is 128 Å². The van der Waals surface area contributed by atoms with Crippen LogP contribution in [0.2, 0.25) is 0 Å². The molecule has 0 aliphatic heterocycles. The molecule has 0 N–H and O–H groups in total. The summed E-state index contributed by atoms with van der Waals surface area (Å²) in [6, 6.07) is 4.61. The van der Waals surface area contributed by atoms with Crippen molar-refractivity contribution in [3.8, 4) is 0 Å². The van der Waals surface area contributed by atoms with Gasteiger partial charge in [-0.25, -0.2) is 9.18 Å². The third-order valence-corrected chi connectivity index (χ3v) is 3.84. The fourth-order valence-electron chi connectivity index (χ4n) is 2.09. The quantitative estimate of drug-likeness (QED) is 0.695. The van der Waals surface area contributed by atoms with Gasteiger partial charge in [-0.2, -0.15) is 0 Å². The van der Waals surface area contributed by atoms with E-state index in [1.165, 1.54) is 6.07 Å². The van der Waals surface area contributed by atoms with E-state index < -0.39 is 11.8 Å². The zero-order valence-electron chi connectivity index (χ0n) is 12.1. The number of hydrogen-bond donors (Lipinski definition) is 0. The molecule has 0 saturated heterocycles. The van der Waals surface area contributed by atoms with E-state index in [2.05, 4.69) is 15.9 Å². The molecule has 110 valence electrons. The second-order valence-electron chi connectivity index (χ2n) is 4.15. The third-order valence-electron chi connectivity index (χ3n) is 2.96. The molecular formula is C16H20BrFO2. The first-order chi connectivity index (χ1) is 9.63. The second-order valence-corrected chi connectivity index (χ2v) is 5.11. The Bertz CT molecular complexity index is 509. The van der Waals surface area contributed by atoms with E-state index in [9.17, 15) is 9.18 Å². The van der Waals surface area contributed by atoms with Gasteiger partial charge in [0.1, 0.15) is 5.82 Å². The molecule has 1 aliphatic carbocycles. The van der Waals surface area contributed by atoms with Crippen molar-refractivity contribution in [3.63, 3.8) is 0 Å². The predicted octanol–water partition coefficient (Wildman–Crippen LogP) is 5.32. The third kappa shape index (κ3) is 3.92. The molecule has 0 fully saturated rings. The van der Waals surface area contributed by atoms with Gasteiger partial charge < -0.3 is 4.74 Å². The molecule has 2 nitrogen and oxygen atoms in total. The van der Waals surface area contributed by atoms with Crippen molar-refractivity contribution in [1.29, 1.82) is 0 Å². The van der Waals surface area contributed by atoms with Crippen molar-refractivity contribution in [2.24, 2.45) is 0 Å². The van der Waals surface area contributed by atoms with Gasteiger partial charge in [-0.05, 0) is 53.9 Å². The summed E-state index contributed by atoms with van der Waals surface area (Å²) in [6.45, 7) is 5.95. The van der Waals surface area contributed by atoms with Crippen molar-refractivity contribution >= 4 is 27.5 Å². The molecule has 0 unspecified atom stereocenters. The second kappa shape index (κ2) is 8.20. The van der Waals surface area contributed by atoms with E-state index in [1.54, 1.807) is 19.1 Å². The van der Waals surface area contributed by atoms with Crippen LogP contribution in [0.4, 0.5) is 4.39 Å². The zero-order chi connectivity index (χ0) is 15.1. The van der Waals surface area contributed by atoms with Gasteiger partial charge in [0.15, 0.2) is 0 Å². The van der Waals surface area contributed by atoms with Gasteiger partial charge in [0.2, 0.25) is 0 Å². The lowest BCUT2D eigenvalue weighted by Gasteiger charge is -2.08. The molecule has 4 heteroatoms. The van der Waals surface area contributed by atoms with E-state index in [4.69, 9.17) is 4.74 Å². The van der Waals surface area contributed by atoms with Crippen molar-refractivity contribution in [3.05, 3.63) is 39.6 Å². The summed E-state index contributed by atoms with van der Waals surface area (Å²) in [7, 11) is 0. The molecule has 0 bridgehead atoms. The predicted molar refractivity (Wildman–Crippen MR) is 83.4 cm³/mol. The van der Waals surface area contributed by atoms with Crippen molar-refractivity contribution in [2.45, 2.75) is 40.0 Å². The Morgan fingerprint density at radius 2 is 2.05 bits per heavy atom. The highest BCUT2D eigenvalue weighted by Gasteiger charge is 2.18. The molecule has 0 spiro atoms. The number of ether oxygens (including phenoxy) is 1.